The van der Waals surface area contributed by atoms with Gasteiger partial charge in [-0.25, -0.2) is 4.79 Å². The van der Waals surface area contributed by atoms with Crippen LogP contribution in [-0.2, 0) is 9.53 Å². The number of carbonyl (C=O) groups is 1. The molecule has 5 nitrogen and oxygen atoms in total. The van der Waals surface area contributed by atoms with E-state index in [4.69, 9.17) is 4.74 Å². The van der Waals surface area contributed by atoms with Gasteiger partial charge >= 0.3 is 5.97 Å². The third kappa shape index (κ3) is 4.57. The number of nitrogens with one attached hydrogen (secondary N) is 1. The fourth-order valence-corrected chi connectivity index (χ4v) is 1.98. The highest BCUT2D eigenvalue weighted by molar-refractivity contribution is 6.43. The van der Waals surface area contributed by atoms with Gasteiger partial charge in [0, 0.05) is 25.3 Å². The largest absolute Gasteiger partial charge is 0.461 e. The lowest BCUT2D eigenvalue weighted by atomic mass is 10.1. The molecule has 0 aliphatic heterocycles. The van der Waals surface area contributed by atoms with E-state index in [0.29, 0.717) is 12.2 Å². The summed E-state index contributed by atoms with van der Waals surface area (Å²) < 4.78 is 5.08. The lowest BCUT2D eigenvalue weighted by molar-refractivity contribution is -0.134. The molecule has 1 N–H and O–H groups in total. The van der Waals surface area contributed by atoms with Crippen molar-refractivity contribution in [2.75, 3.05) is 31.0 Å². The van der Waals surface area contributed by atoms with Crippen LogP contribution < -0.4 is 10.3 Å². The van der Waals surface area contributed by atoms with Crippen molar-refractivity contribution in [2.45, 2.75) is 6.92 Å². The zero-order chi connectivity index (χ0) is 16.7. The predicted octanol–water partition coefficient (Wildman–Crippen LogP) is 3.13. The first kappa shape index (κ1) is 16.5. The third-order valence-corrected chi connectivity index (χ3v) is 3.20. The van der Waals surface area contributed by atoms with Crippen molar-refractivity contribution in [3.05, 3.63) is 60.2 Å². The molecule has 0 bridgehead atoms. The molecule has 120 valence electrons. The normalized spacial score (nSPS) is 11.0. The van der Waals surface area contributed by atoms with Crippen molar-refractivity contribution in [3.63, 3.8) is 0 Å². The number of anilines is 2. The van der Waals surface area contributed by atoms with Gasteiger partial charge in [-0.1, -0.05) is 30.3 Å². The van der Waals surface area contributed by atoms with Gasteiger partial charge in [-0.3, -0.25) is 5.43 Å². The maximum absolute atomic E-state index is 12.1. The van der Waals surface area contributed by atoms with E-state index in [2.05, 4.69) is 10.5 Å². The van der Waals surface area contributed by atoms with Crippen molar-refractivity contribution in [1.82, 2.24) is 0 Å². The van der Waals surface area contributed by atoms with Crippen molar-refractivity contribution in [1.29, 1.82) is 0 Å². The van der Waals surface area contributed by atoms with E-state index in [1.54, 1.807) is 6.92 Å². The molecule has 0 unspecified atom stereocenters. The van der Waals surface area contributed by atoms with E-state index in [1.807, 2.05) is 73.6 Å². The molecule has 0 saturated heterocycles. The van der Waals surface area contributed by atoms with Crippen LogP contribution in [-0.4, -0.2) is 32.4 Å². The second-order valence-electron chi connectivity index (χ2n) is 5.10. The van der Waals surface area contributed by atoms with Crippen LogP contribution in [0.15, 0.2) is 59.7 Å². The average Bonchev–Trinajstić information content (AvgIpc) is 2.57. The molecule has 23 heavy (non-hydrogen) atoms. The molecule has 0 saturated carbocycles. The number of hydrogen-bond acceptors (Lipinski definition) is 5. The van der Waals surface area contributed by atoms with Crippen LogP contribution in [0.2, 0.25) is 0 Å². The Bertz CT molecular complexity index is 664. The topological polar surface area (TPSA) is 53.9 Å². The van der Waals surface area contributed by atoms with Gasteiger partial charge < -0.3 is 9.64 Å². The first-order valence-electron chi connectivity index (χ1n) is 7.45. The lowest BCUT2D eigenvalue weighted by Crippen LogP contribution is -2.20. The van der Waals surface area contributed by atoms with Gasteiger partial charge in [0.2, 0.25) is 0 Å². The van der Waals surface area contributed by atoms with Crippen molar-refractivity contribution >= 4 is 23.1 Å². The highest BCUT2D eigenvalue weighted by Gasteiger charge is 2.15. The highest BCUT2D eigenvalue weighted by atomic mass is 16.5. The molecule has 5 heteroatoms. The highest BCUT2D eigenvalue weighted by Crippen LogP contribution is 2.16. The summed E-state index contributed by atoms with van der Waals surface area (Å²) in [6, 6.07) is 17.0. The van der Waals surface area contributed by atoms with Crippen molar-refractivity contribution < 1.29 is 9.53 Å². The predicted molar refractivity (Wildman–Crippen MR) is 94.0 cm³/mol. The van der Waals surface area contributed by atoms with Crippen LogP contribution in [0, 0.1) is 0 Å². The summed E-state index contributed by atoms with van der Waals surface area (Å²) in [6.07, 6.45) is 0. The maximum atomic E-state index is 12.1. The Morgan fingerprint density at radius 1 is 1.09 bits per heavy atom. The number of nitrogens with zero attached hydrogens (tertiary/aromatic N) is 2. The first-order chi connectivity index (χ1) is 11.1. The zero-order valence-corrected chi connectivity index (χ0v) is 13.6. The first-order valence-corrected chi connectivity index (χ1v) is 7.45. The average molecular weight is 311 g/mol. The molecular weight excluding hydrogens is 290 g/mol. The van der Waals surface area contributed by atoms with Crippen LogP contribution in [0.5, 0.6) is 0 Å². The summed E-state index contributed by atoms with van der Waals surface area (Å²) in [5, 5.41) is 4.24. The minimum atomic E-state index is -0.448. The second kappa shape index (κ2) is 7.98. The molecule has 0 aromatic heterocycles. The van der Waals surface area contributed by atoms with Crippen LogP contribution in [0.4, 0.5) is 11.4 Å². The lowest BCUT2D eigenvalue weighted by Gasteiger charge is -2.12. The van der Waals surface area contributed by atoms with E-state index in [1.165, 1.54) is 0 Å². The number of hydrazone groups is 1. The molecule has 0 radical (unpaired) electrons. The van der Waals surface area contributed by atoms with Crippen LogP contribution in [0.3, 0.4) is 0 Å². The Morgan fingerprint density at radius 2 is 1.74 bits per heavy atom. The third-order valence-electron chi connectivity index (χ3n) is 3.20. The van der Waals surface area contributed by atoms with Crippen LogP contribution in [0.1, 0.15) is 12.5 Å². The van der Waals surface area contributed by atoms with Gasteiger partial charge in [0.25, 0.3) is 0 Å². The van der Waals surface area contributed by atoms with E-state index >= 15 is 0 Å². The number of esters is 1. The quantitative estimate of drug-likeness (QED) is 0.506. The monoisotopic (exact) mass is 311 g/mol. The maximum Gasteiger partial charge on any atom is 0.359 e. The van der Waals surface area contributed by atoms with E-state index in [-0.39, 0.29) is 5.71 Å². The molecular formula is C18H21N3O2. The molecule has 0 heterocycles. The molecule has 0 spiro atoms. The number of rotatable bonds is 6. The van der Waals surface area contributed by atoms with Gasteiger partial charge in [0.15, 0.2) is 5.71 Å². The fourth-order valence-electron chi connectivity index (χ4n) is 1.98. The zero-order valence-electron chi connectivity index (χ0n) is 13.6. The standard InChI is InChI=1S/C18H21N3O2/c1-4-23-18(22)17(14-8-6-5-7-9-14)20-19-15-10-12-16(13-11-15)21(2)3/h5-13,19H,4H2,1-3H3. The van der Waals surface area contributed by atoms with Gasteiger partial charge in [0.05, 0.1) is 12.3 Å². The molecule has 0 aliphatic rings. The molecule has 2 aromatic carbocycles. The summed E-state index contributed by atoms with van der Waals surface area (Å²) in [7, 11) is 3.96. The Kier molecular flexibility index (Phi) is 5.74. The molecule has 2 rings (SSSR count). The summed E-state index contributed by atoms with van der Waals surface area (Å²) >= 11 is 0. The summed E-state index contributed by atoms with van der Waals surface area (Å²) in [6.45, 7) is 2.08. The van der Waals surface area contributed by atoms with Gasteiger partial charge in [-0.15, -0.1) is 0 Å². The van der Waals surface area contributed by atoms with E-state index in [0.717, 1.165) is 11.4 Å². The summed E-state index contributed by atoms with van der Waals surface area (Å²) in [5.41, 5.74) is 5.77. The Hall–Kier alpha value is -2.82. The molecule has 0 aliphatic carbocycles. The van der Waals surface area contributed by atoms with Crippen molar-refractivity contribution in [2.24, 2.45) is 5.10 Å². The molecule has 0 amide bonds. The van der Waals surface area contributed by atoms with Crippen LogP contribution in [0.25, 0.3) is 0 Å². The smallest absolute Gasteiger partial charge is 0.359 e. The Balaban J connectivity index is 2.21. The number of benzene rings is 2. The fraction of sp³-hybridized carbons (Fsp3) is 0.222. The molecule has 2 aromatic rings. The second-order valence-corrected chi connectivity index (χ2v) is 5.10. The van der Waals surface area contributed by atoms with E-state index in [9.17, 15) is 4.79 Å². The molecule has 0 fully saturated rings. The molecule has 0 atom stereocenters. The van der Waals surface area contributed by atoms with Gasteiger partial charge in [0.1, 0.15) is 0 Å². The van der Waals surface area contributed by atoms with Crippen molar-refractivity contribution in [3.8, 4) is 0 Å². The summed E-state index contributed by atoms with van der Waals surface area (Å²) in [5.74, 6) is -0.448. The number of carbonyl (C=O) groups excluding carboxylic acids is 1. The minimum Gasteiger partial charge on any atom is -0.461 e. The van der Waals surface area contributed by atoms with Gasteiger partial charge in [-0.2, -0.15) is 5.10 Å². The van der Waals surface area contributed by atoms with E-state index < -0.39 is 5.97 Å². The summed E-state index contributed by atoms with van der Waals surface area (Å²) in [4.78, 5) is 14.1. The van der Waals surface area contributed by atoms with Crippen LogP contribution >= 0.6 is 0 Å². The number of hydrogen-bond donors (Lipinski definition) is 1. The Labute approximate surface area is 136 Å². The SMILES string of the molecule is CCOC(=O)C(=NNc1ccc(N(C)C)cc1)c1ccccc1. The Morgan fingerprint density at radius 3 is 2.30 bits per heavy atom. The number of ether oxygens (including phenoxy) is 1. The minimum absolute atomic E-state index is 0.254. The van der Waals surface area contributed by atoms with Gasteiger partial charge in [-0.05, 0) is 31.2 Å².